The van der Waals surface area contributed by atoms with Crippen molar-refractivity contribution in [2.75, 3.05) is 23.3 Å². The molecular weight excluding hydrogens is 384 g/mol. The van der Waals surface area contributed by atoms with Gasteiger partial charge in [0.25, 0.3) is 0 Å². The van der Waals surface area contributed by atoms with Crippen LogP contribution in [0.1, 0.15) is 12.8 Å². The maximum absolute atomic E-state index is 12.7. The minimum atomic E-state index is -2.86. The van der Waals surface area contributed by atoms with Gasteiger partial charge in [-0.15, -0.1) is 0 Å². The van der Waals surface area contributed by atoms with Crippen LogP contribution < -0.4 is 15.0 Å². The van der Waals surface area contributed by atoms with Gasteiger partial charge < -0.3 is 15.0 Å². The average Bonchev–Trinajstić information content (AvgIpc) is 3.13. The summed E-state index contributed by atoms with van der Waals surface area (Å²) in [5, 5.41) is 3.80. The second kappa shape index (κ2) is 8.10. The van der Waals surface area contributed by atoms with Gasteiger partial charge in [-0.2, -0.15) is 8.78 Å². The average molecular weight is 403 g/mol. The first-order valence-corrected chi connectivity index (χ1v) is 9.86. The van der Waals surface area contributed by atoms with Gasteiger partial charge in [0.1, 0.15) is 5.75 Å². The summed E-state index contributed by atoms with van der Waals surface area (Å²) in [7, 11) is 0. The first-order valence-electron chi connectivity index (χ1n) is 9.05. The van der Waals surface area contributed by atoms with E-state index in [-0.39, 0.29) is 17.6 Å². The molecule has 0 saturated carbocycles. The highest BCUT2D eigenvalue weighted by Crippen LogP contribution is 2.31. The first-order chi connectivity index (χ1) is 13.6. The number of anilines is 2. The largest absolute Gasteiger partial charge is 0.435 e. The number of hydrogen-bond donors (Lipinski definition) is 1. The van der Waals surface area contributed by atoms with Crippen LogP contribution in [0, 0.1) is 5.92 Å². The quantitative estimate of drug-likeness (QED) is 0.668. The van der Waals surface area contributed by atoms with E-state index in [1.165, 1.54) is 12.1 Å². The lowest BCUT2D eigenvalue weighted by molar-refractivity contribution is -0.120. The van der Waals surface area contributed by atoms with Gasteiger partial charge in [0.15, 0.2) is 5.13 Å². The predicted octanol–water partition coefficient (Wildman–Crippen LogP) is 4.75. The van der Waals surface area contributed by atoms with Crippen molar-refractivity contribution in [1.29, 1.82) is 0 Å². The highest BCUT2D eigenvalue weighted by atomic mass is 32.1. The zero-order valence-electron chi connectivity index (χ0n) is 15.0. The van der Waals surface area contributed by atoms with Gasteiger partial charge in [-0.05, 0) is 49.2 Å². The number of aromatic nitrogens is 1. The lowest BCUT2D eigenvalue weighted by atomic mass is 9.97. The number of nitrogens with zero attached hydrogens (tertiary/aromatic N) is 2. The Balaban J connectivity index is 1.40. The number of carbonyl (C=O) groups excluding carboxylic acids is 1. The van der Waals surface area contributed by atoms with Crippen LogP contribution in [0.25, 0.3) is 10.2 Å². The Bertz CT molecular complexity index is 928. The standard InChI is InChI=1S/C20H19F2N3O2S/c21-19(22)27-15-9-7-14(8-10-15)23-18(26)13-4-3-11-25(12-13)20-24-16-5-1-2-6-17(16)28-20/h1-2,5-10,13,19H,3-4,11-12H2,(H,23,26)/t13-/m0/s1. The third-order valence-electron chi connectivity index (χ3n) is 4.69. The normalized spacial score (nSPS) is 17.1. The van der Waals surface area contributed by atoms with Crippen molar-refractivity contribution in [3.63, 3.8) is 0 Å². The number of carbonyl (C=O) groups is 1. The van der Waals surface area contributed by atoms with Gasteiger partial charge in [-0.25, -0.2) is 4.98 Å². The summed E-state index contributed by atoms with van der Waals surface area (Å²) in [5.41, 5.74) is 1.53. The molecule has 146 valence electrons. The number of rotatable bonds is 5. The molecule has 5 nitrogen and oxygen atoms in total. The Hall–Kier alpha value is -2.74. The fourth-order valence-corrected chi connectivity index (χ4v) is 4.32. The van der Waals surface area contributed by atoms with E-state index in [0.29, 0.717) is 12.2 Å². The Labute approximate surface area is 164 Å². The molecule has 0 radical (unpaired) electrons. The third kappa shape index (κ3) is 4.22. The number of alkyl halides is 2. The van der Waals surface area contributed by atoms with E-state index in [4.69, 9.17) is 0 Å². The molecule has 1 N–H and O–H groups in total. The van der Waals surface area contributed by atoms with Crippen molar-refractivity contribution < 1.29 is 18.3 Å². The van der Waals surface area contributed by atoms with Crippen LogP contribution in [0.3, 0.4) is 0 Å². The van der Waals surface area contributed by atoms with Gasteiger partial charge >= 0.3 is 6.61 Å². The van der Waals surface area contributed by atoms with Crippen LogP contribution in [0.4, 0.5) is 19.6 Å². The van der Waals surface area contributed by atoms with Gasteiger partial charge in [-0.1, -0.05) is 23.5 Å². The molecule has 1 aliphatic rings. The molecule has 8 heteroatoms. The summed E-state index contributed by atoms with van der Waals surface area (Å²) in [6.45, 7) is -1.38. The van der Waals surface area contributed by atoms with Gasteiger partial charge in [0.2, 0.25) is 5.91 Å². The van der Waals surface area contributed by atoms with E-state index in [1.54, 1.807) is 23.5 Å². The highest BCUT2D eigenvalue weighted by molar-refractivity contribution is 7.22. The van der Waals surface area contributed by atoms with E-state index < -0.39 is 6.61 Å². The lowest BCUT2D eigenvalue weighted by Gasteiger charge is -2.31. The number of ether oxygens (including phenoxy) is 1. The molecule has 2 heterocycles. The highest BCUT2D eigenvalue weighted by Gasteiger charge is 2.27. The van der Waals surface area contributed by atoms with Crippen molar-refractivity contribution in [3.05, 3.63) is 48.5 Å². The summed E-state index contributed by atoms with van der Waals surface area (Å²) in [4.78, 5) is 19.5. The fourth-order valence-electron chi connectivity index (χ4n) is 3.32. The number of nitrogens with one attached hydrogen (secondary N) is 1. The Kier molecular flexibility index (Phi) is 5.38. The third-order valence-corrected chi connectivity index (χ3v) is 5.79. The predicted molar refractivity (Wildman–Crippen MR) is 106 cm³/mol. The topological polar surface area (TPSA) is 54.5 Å². The molecule has 1 amide bonds. The fraction of sp³-hybridized carbons (Fsp3) is 0.300. The number of hydrogen-bond acceptors (Lipinski definition) is 5. The molecule has 0 bridgehead atoms. The SMILES string of the molecule is O=C(Nc1ccc(OC(F)F)cc1)[C@H]1CCCN(c2nc3ccccc3s2)C1. The molecule has 1 fully saturated rings. The summed E-state index contributed by atoms with van der Waals surface area (Å²) in [6, 6.07) is 13.9. The molecule has 1 atom stereocenters. The zero-order valence-corrected chi connectivity index (χ0v) is 15.8. The molecule has 1 aromatic heterocycles. The Morgan fingerprint density at radius 1 is 1.21 bits per heavy atom. The van der Waals surface area contributed by atoms with Crippen LogP contribution in [0.2, 0.25) is 0 Å². The van der Waals surface area contributed by atoms with Gasteiger partial charge in [-0.3, -0.25) is 4.79 Å². The van der Waals surface area contributed by atoms with Crippen LogP contribution in [0.5, 0.6) is 5.75 Å². The summed E-state index contributed by atoms with van der Waals surface area (Å²) >= 11 is 1.64. The van der Waals surface area contributed by atoms with E-state index >= 15 is 0 Å². The maximum atomic E-state index is 12.7. The first kappa shape index (κ1) is 18.6. The second-order valence-corrected chi connectivity index (χ2v) is 7.65. The van der Waals surface area contributed by atoms with Crippen LogP contribution in [-0.4, -0.2) is 30.6 Å². The molecular formula is C20H19F2N3O2S. The number of piperidine rings is 1. The van der Waals surface area contributed by atoms with Crippen LogP contribution >= 0.6 is 11.3 Å². The minimum absolute atomic E-state index is 0.0627. The molecule has 4 rings (SSSR count). The Morgan fingerprint density at radius 3 is 2.75 bits per heavy atom. The minimum Gasteiger partial charge on any atom is -0.435 e. The number of fused-ring (bicyclic) bond motifs is 1. The summed E-state index contributed by atoms with van der Waals surface area (Å²) in [6.07, 6.45) is 1.72. The molecule has 28 heavy (non-hydrogen) atoms. The molecule has 0 unspecified atom stereocenters. The smallest absolute Gasteiger partial charge is 0.387 e. The summed E-state index contributed by atoms with van der Waals surface area (Å²) < 4.78 is 29.9. The second-order valence-electron chi connectivity index (χ2n) is 6.64. The number of benzene rings is 2. The van der Waals surface area contributed by atoms with Crippen molar-refractivity contribution >= 4 is 38.3 Å². The van der Waals surface area contributed by atoms with Crippen molar-refractivity contribution in [2.45, 2.75) is 19.5 Å². The monoisotopic (exact) mass is 403 g/mol. The lowest BCUT2D eigenvalue weighted by Crippen LogP contribution is -2.40. The van der Waals surface area contributed by atoms with E-state index in [9.17, 15) is 13.6 Å². The molecule has 1 aliphatic heterocycles. The van der Waals surface area contributed by atoms with E-state index in [0.717, 1.165) is 34.7 Å². The van der Waals surface area contributed by atoms with Crippen LogP contribution in [0.15, 0.2) is 48.5 Å². The number of para-hydroxylation sites is 1. The molecule has 0 spiro atoms. The van der Waals surface area contributed by atoms with Crippen LogP contribution in [-0.2, 0) is 4.79 Å². The van der Waals surface area contributed by atoms with Gasteiger partial charge in [0.05, 0.1) is 16.1 Å². The van der Waals surface area contributed by atoms with Crippen molar-refractivity contribution in [2.24, 2.45) is 5.92 Å². The molecule has 0 aliphatic carbocycles. The van der Waals surface area contributed by atoms with Crippen molar-refractivity contribution in [1.82, 2.24) is 4.98 Å². The number of amides is 1. The van der Waals surface area contributed by atoms with Gasteiger partial charge in [0, 0.05) is 18.8 Å². The number of thiazole rings is 1. The maximum Gasteiger partial charge on any atom is 0.387 e. The van der Waals surface area contributed by atoms with Crippen molar-refractivity contribution in [3.8, 4) is 5.75 Å². The van der Waals surface area contributed by atoms with E-state index in [2.05, 4.69) is 19.9 Å². The summed E-state index contributed by atoms with van der Waals surface area (Å²) in [5.74, 6) is -0.168. The zero-order chi connectivity index (χ0) is 19.5. The molecule has 2 aromatic carbocycles. The Morgan fingerprint density at radius 2 is 2.00 bits per heavy atom. The number of halogens is 2. The molecule has 3 aromatic rings. The molecule has 1 saturated heterocycles. The van der Waals surface area contributed by atoms with E-state index in [1.807, 2.05) is 24.3 Å².